The van der Waals surface area contributed by atoms with E-state index in [0.29, 0.717) is 27.2 Å². The molecule has 1 heterocycles. The number of nitrogens with one attached hydrogen (secondary N) is 1. The Hall–Kier alpha value is -2.51. The molecule has 0 spiro atoms. The van der Waals surface area contributed by atoms with Crippen molar-refractivity contribution in [1.82, 2.24) is 5.43 Å². The summed E-state index contributed by atoms with van der Waals surface area (Å²) in [6.07, 6.45) is 1.47. The van der Waals surface area contributed by atoms with Crippen LogP contribution >= 0.6 is 27.5 Å². The number of ether oxygens (including phenoxy) is 2. The maximum Gasteiger partial charge on any atom is 0.282 e. The molecule has 0 aromatic heterocycles. The van der Waals surface area contributed by atoms with Gasteiger partial charge in [0, 0.05) is 4.47 Å². The Morgan fingerprint density at radius 2 is 1.83 bits per heavy atom. The molecule has 0 saturated carbocycles. The molecule has 1 aliphatic rings. The maximum absolute atomic E-state index is 12.8. The first-order valence-corrected chi connectivity index (χ1v) is 9.96. The van der Waals surface area contributed by atoms with E-state index in [1.165, 1.54) is 18.2 Å². The molecular weight excluding hydrogens is 460 g/mol. The standard InChI is InChI=1S/C21H20BrClN2O4/c1-21(2,3)29-18-15(28-4)11-12(16(22)17(18)23)10-14-19(26)24-25(20(14)27)13-8-6-5-7-9-13/h5-11H,1-4H3,(H,24,26). The highest BCUT2D eigenvalue weighted by Gasteiger charge is 2.35. The molecule has 1 fully saturated rings. The number of hydrogen-bond acceptors (Lipinski definition) is 4. The molecule has 2 amide bonds. The number of amides is 2. The van der Waals surface area contributed by atoms with E-state index in [1.807, 2.05) is 26.8 Å². The lowest BCUT2D eigenvalue weighted by Gasteiger charge is -2.24. The summed E-state index contributed by atoms with van der Waals surface area (Å²) in [5.41, 5.74) is 3.14. The minimum Gasteiger partial charge on any atom is -0.493 e. The lowest BCUT2D eigenvalue weighted by Crippen LogP contribution is -2.35. The summed E-state index contributed by atoms with van der Waals surface area (Å²) in [6, 6.07) is 10.5. The van der Waals surface area contributed by atoms with Gasteiger partial charge in [0.1, 0.15) is 16.2 Å². The fourth-order valence-corrected chi connectivity index (χ4v) is 3.38. The molecule has 2 aromatic rings. The van der Waals surface area contributed by atoms with Crippen molar-refractivity contribution in [3.8, 4) is 11.5 Å². The highest BCUT2D eigenvalue weighted by molar-refractivity contribution is 9.10. The van der Waals surface area contributed by atoms with Gasteiger partial charge in [-0.1, -0.05) is 29.8 Å². The van der Waals surface area contributed by atoms with E-state index in [9.17, 15) is 9.59 Å². The fourth-order valence-electron chi connectivity index (χ4n) is 2.73. The second-order valence-electron chi connectivity index (χ2n) is 7.31. The van der Waals surface area contributed by atoms with Crippen LogP contribution in [-0.4, -0.2) is 24.5 Å². The minimum atomic E-state index is -0.504. The van der Waals surface area contributed by atoms with Crippen LogP contribution in [0.5, 0.6) is 11.5 Å². The second-order valence-corrected chi connectivity index (χ2v) is 8.49. The van der Waals surface area contributed by atoms with Crippen LogP contribution < -0.4 is 19.9 Å². The molecule has 0 aliphatic carbocycles. The minimum absolute atomic E-state index is 0.0165. The molecule has 2 aromatic carbocycles. The number of para-hydroxylation sites is 1. The Balaban J connectivity index is 2.03. The zero-order chi connectivity index (χ0) is 21.3. The number of hydrazine groups is 1. The summed E-state index contributed by atoms with van der Waals surface area (Å²) in [7, 11) is 1.50. The van der Waals surface area contributed by atoms with Crippen molar-refractivity contribution in [3.63, 3.8) is 0 Å². The number of carbonyl (C=O) groups is 2. The summed E-state index contributed by atoms with van der Waals surface area (Å²) < 4.78 is 11.8. The van der Waals surface area contributed by atoms with Gasteiger partial charge in [0.2, 0.25) is 0 Å². The van der Waals surface area contributed by atoms with Crippen LogP contribution in [0.3, 0.4) is 0 Å². The van der Waals surface area contributed by atoms with E-state index < -0.39 is 17.4 Å². The van der Waals surface area contributed by atoms with Crippen molar-refractivity contribution in [2.75, 3.05) is 12.1 Å². The van der Waals surface area contributed by atoms with Crippen LogP contribution in [0.15, 0.2) is 46.4 Å². The van der Waals surface area contributed by atoms with Crippen molar-refractivity contribution >= 4 is 51.1 Å². The number of benzene rings is 2. The van der Waals surface area contributed by atoms with Crippen LogP contribution in [0, 0.1) is 0 Å². The first-order valence-electron chi connectivity index (χ1n) is 8.79. The number of methoxy groups -OCH3 is 1. The fraction of sp³-hybridized carbons (Fsp3) is 0.238. The SMILES string of the molecule is COc1cc(C=C2C(=O)NN(c3ccccc3)C2=O)c(Br)c(Cl)c1OC(C)(C)C. The molecule has 0 unspecified atom stereocenters. The molecule has 6 nitrogen and oxygen atoms in total. The summed E-state index contributed by atoms with van der Waals surface area (Å²) >= 11 is 9.93. The molecule has 8 heteroatoms. The molecule has 0 radical (unpaired) electrons. The molecule has 1 N–H and O–H groups in total. The average Bonchev–Trinajstić information content (AvgIpc) is 2.95. The third-order valence-corrected chi connectivity index (χ3v) is 5.43. The first kappa shape index (κ1) is 21.2. The Morgan fingerprint density at radius 1 is 1.17 bits per heavy atom. The second kappa shape index (κ2) is 8.08. The van der Waals surface area contributed by atoms with Gasteiger partial charge in [-0.2, -0.15) is 0 Å². The molecular formula is C21H20BrClN2O4. The summed E-state index contributed by atoms with van der Waals surface area (Å²) in [4.78, 5) is 25.2. The first-order chi connectivity index (χ1) is 13.6. The van der Waals surface area contributed by atoms with Gasteiger partial charge < -0.3 is 9.47 Å². The number of halogens is 2. The van der Waals surface area contributed by atoms with Gasteiger partial charge in [0.05, 0.1) is 12.8 Å². The highest BCUT2D eigenvalue weighted by atomic mass is 79.9. The van der Waals surface area contributed by atoms with Gasteiger partial charge in [-0.15, -0.1) is 0 Å². The molecule has 0 bridgehead atoms. The van der Waals surface area contributed by atoms with Crippen molar-refractivity contribution in [1.29, 1.82) is 0 Å². The number of carbonyl (C=O) groups excluding carboxylic acids is 2. The van der Waals surface area contributed by atoms with Crippen LogP contribution in [-0.2, 0) is 9.59 Å². The van der Waals surface area contributed by atoms with Crippen LogP contribution in [0.4, 0.5) is 5.69 Å². The lowest BCUT2D eigenvalue weighted by molar-refractivity contribution is -0.117. The predicted octanol–water partition coefficient (Wildman–Crippen LogP) is 4.75. The number of nitrogens with zero attached hydrogens (tertiary/aromatic N) is 1. The zero-order valence-electron chi connectivity index (χ0n) is 16.4. The van der Waals surface area contributed by atoms with Crippen LogP contribution in [0.1, 0.15) is 26.3 Å². The van der Waals surface area contributed by atoms with E-state index in [0.717, 1.165) is 0 Å². The topological polar surface area (TPSA) is 67.9 Å². The van der Waals surface area contributed by atoms with Crippen molar-refractivity contribution < 1.29 is 19.1 Å². The molecule has 1 aliphatic heterocycles. The van der Waals surface area contributed by atoms with Gasteiger partial charge in [-0.25, -0.2) is 5.01 Å². The number of anilines is 1. The van der Waals surface area contributed by atoms with Crippen molar-refractivity contribution in [2.24, 2.45) is 0 Å². The molecule has 0 atom stereocenters. The van der Waals surface area contributed by atoms with E-state index in [-0.39, 0.29) is 10.6 Å². The molecule has 29 heavy (non-hydrogen) atoms. The van der Waals surface area contributed by atoms with Gasteiger partial charge in [0.25, 0.3) is 11.8 Å². The van der Waals surface area contributed by atoms with Gasteiger partial charge in [-0.3, -0.25) is 15.0 Å². The normalized spacial score (nSPS) is 15.7. The van der Waals surface area contributed by atoms with Crippen molar-refractivity contribution in [2.45, 2.75) is 26.4 Å². The number of hydrogen-bond donors (Lipinski definition) is 1. The lowest BCUT2D eigenvalue weighted by atomic mass is 10.1. The zero-order valence-corrected chi connectivity index (χ0v) is 18.7. The summed E-state index contributed by atoms with van der Waals surface area (Å²) in [5.74, 6) is -0.191. The van der Waals surface area contributed by atoms with Gasteiger partial charge >= 0.3 is 0 Å². The molecule has 152 valence electrons. The Kier molecular flexibility index (Phi) is 5.91. The smallest absolute Gasteiger partial charge is 0.282 e. The quantitative estimate of drug-likeness (QED) is 0.508. The van der Waals surface area contributed by atoms with Crippen LogP contribution in [0.25, 0.3) is 6.08 Å². The predicted molar refractivity (Wildman–Crippen MR) is 116 cm³/mol. The van der Waals surface area contributed by atoms with Gasteiger partial charge in [0.15, 0.2) is 11.5 Å². The Labute approximate surface area is 182 Å². The third kappa shape index (κ3) is 4.41. The average molecular weight is 480 g/mol. The Morgan fingerprint density at radius 3 is 2.41 bits per heavy atom. The summed E-state index contributed by atoms with van der Waals surface area (Å²) in [5, 5.41) is 1.50. The van der Waals surface area contributed by atoms with Crippen molar-refractivity contribution in [3.05, 3.63) is 57.0 Å². The van der Waals surface area contributed by atoms with Crippen LogP contribution in [0.2, 0.25) is 5.02 Å². The van der Waals surface area contributed by atoms with E-state index in [2.05, 4.69) is 21.4 Å². The van der Waals surface area contributed by atoms with E-state index in [4.69, 9.17) is 21.1 Å². The van der Waals surface area contributed by atoms with Gasteiger partial charge in [-0.05, 0) is 66.5 Å². The third-order valence-electron chi connectivity index (χ3n) is 3.99. The molecule has 1 saturated heterocycles. The molecule has 3 rings (SSSR count). The summed E-state index contributed by atoms with van der Waals surface area (Å²) in [6.45, 7) is 5.69. The Bertz CT molecular complexity index is 1000. The number of rotatable bonds is 4. The maximum atomic E-state index is 12.8. The van der Waals surface area contributed by atoms with E-state index >= 15 is 0 Å². The monoisotopic (exact) mass is 478 g/mol. The van der Waals surface area contributed by atoms with E-state index in [1.54, 1.807) is 30.3 Å². The highest BCUT2D eigenvalue weighted by Crippen LogP contribution is 2.44. The largest absolute Gasteiger partial charge is 0.493 e.